The smallest absolute Gasteiger partial charge is 0.307 e. The number of benzene rings is 1. The summed E-state index contributed by atoms with van der Waals surface area (Å²) < 4.78 is 5.11. The Morgan fingerprint density at radius 2 is 2.16 bits per heavy atom. The van der Waals surface area contributed by atoms with Crippen LogP contribution in [0.3, 0.4) is 0 Å². The van der Waals surface area contributed by atoms with Gasteiger partial charge >= 0.3 is 5.97 Å². The Hall–Kier alpha value is -1.49. The molecule has 0 unspecified atom stereocenters. The first-order valence-corrected chi connectivity index (χ1v) is 7.16. The Labute approximate surface area is 116 Å². The molecule has 0 aliphatic carbocycles. The molecule has 0 saturated heterocycles. The molecule has 1 N–H and O–H groups in total. The Balaban J connectivity index is 1.95. The zero-order valence-electron chi connectivity index (χ0n) is 11.0. The van der Waals surface area contributed by atoms with Gasteiger partial charge in [-0.15, -0.1) is 11.8 Å². The van der Waals surface area contributed by atoms with Gasteiger partial charge in [0.1, 0.15) is 0 Å². The summed E-state index contributed by atoms with van der Waals surface area (Å²) in [5, 5.41) is 2.40. The van der Waals surface area contributed by atoms with Gasteiger partial charge in [0, 0.05) is 4.90 Å². The van der Waals surface area contributed by atoms with Gasteiger partial charge in [0.25, 0.3) is 0 Å². The van der Waals surface area contributed by atoms with E-state index in [9.17, 15) is 9.59 Å². The molecular formula is C14H17NO3S. The van der Waals surface area contributed by atoms with E-state index in [0.717, 1.165) is 10.6 Å². The Kier molecular flexibility index (Phi) is 4.47. The third kappa shape index (κ3) is 3.73. The minimum Gasteiger partial charge on any atom is -0.465 e. The van der Waals surface area contributed by atoms with Crippen LogP contribution in [0.2, 0.25) is 0 Å². The number of carbonyl (C=O) groups excluding carboxylic acids is 2. The highest BCUT2D eigenvalue weighted by Gasteiger charge is 2.29. The number of fused-ring (bicyclic) bond motifs is 1. The lowest BCUT2D eigenvalue weighted by molar-refractivity contribution is -0.145. The molecule has 102 valence electrons. The van der Waals surface area contributed by atoms with Crippen molar-refractivity contribution >= 4 is 29.3 Å². The number of esters is 1. The summed E-state index contributed by atoms with van der Waals surface area (Å²) in [5.74, 6) is -0.150. The van der Waals surface area contributed by atoms with E-state index in [2.05, 4.69) is 5.32 Å². The number of para-hydroxylation sites is 1. The first-order chi connectivity index (χ1) is 9.06. The van der Waals surface area contributed by atoms with Crippen LogP contribution < -0.4 is 5.32 Å². The molecule has 0 fully saturated rings. The van der Waals surface area contributed by atoms with Crippen LogP contribution in [0.25, 0.3) is 0 Å². The van der Waals surface area contributed by atoms with E-state index in [0.29, 0.717) is 12.5 Å². The standard InChI is InChI=1S/C14H17NO3S/c1-9(2)8-18-13(16)7-12-14(17)15-10-5-3-4-6-11(10)19-12/h3-6,9,12H,7-8H2,1-2H3,(H,15,17)/t12-/m1/s1. The molecule has 4 nitrogen and oxygen atoms in total. The van der Waals surface area contributed by atoms with E-state index in [-0.39, 0.29) is 18.3 Å². The lowest BCUT2D eigenvalue weighted by Crippen LogP contribution is -2.31. The summed E-state index contributed by atoms with van der Waals surface area (Å²) in [4.78, 5) is 24.5. The van der Waals surface area contributed by atoms with Gasteiger partial charge in [-0.3, -0.25) is 9.59 Å². The highest BCUT2D eigenvalue weighted by Crippen LogP contribution is 2.36. The molecule has 1 aliphatic heterocycles. The summed E-state index contributed by atoms with van der Waals surface area (Å²) in [6, 6.07) is 7.58. The van der Waals surface area contributed by atoms with Crippen molar-refractivity contribution in [2.75, 3.05) is 11.9 Å². The highest BCUT2D eigenvalue weighted by atomic mass is 32.2. The quantitative estimate of drug-likeness (QED) is 0.861. The van der Waals surface area contributed by atoms with Crippen molar-refractivity contribution in [1.82, 2.24) is 0 Å². The van der Waals surface area contributed by atoms with Crippen molar-refractivity contribution in [2.45, 2.75) is 30.4 Å². The van der Waals surface area contributed by atoms with Gasteiger partial charge in [-0.25, -0.2) is 0 Å². The predicted octanol–water partition coefficient (Wildman–Crippen LogP) is 2.69. The van der Waals surface area contributed by atoms with E-state index in [1.165, 1.54) is 11.8 Å². The molecule has 1 aromatic rings. The summed E-state index contributed by atoms with van der Waals surface area (Å²) in [6.45, 7) is 4.35. The van der Waals surface area contributed by atoms with Crippen molar-refractivity contribution in [3.8, 4) is 0 Å². The Morgan fingerprint density at radius 3 is 2.89 bits per heavy atom. The summed E-state index contributed by atoms with van der Waals surface area (Å²) in [5.41, 5.74) is 0.810. The minimum atomic E-state index is -0.408. The molecule has 1 atom stereocenters. The topological polar surface area (TPSA) is 55.4 Å². The summed E-state index contributed by atoms with van der Waals surface area (Å²) in [7, 11) is 0. The van der Waals surface area contributed by atoms with Crippen LogP contribution in [0.15, 0.2) is 29.2 Å². The molecule has 19 heavy (non-hydrogen) atoms. The lowest BCUT2D eigenvalue weighted by Gasteiger charge is -2.23. The van der Waals surface area contributed by atoms with Gasteiger partial charge in [-0.05, 0) is 18.1 Å². The molecule has 0 saturated carbocycles. The van der Waals surface area contributed by atoms with Crippen LogP contribution in [0.1, 0.15) is 20.3 Å². The summed E-state index contributed by atoms with van der Waals surface area (Å²) >= 11 is 1.41. The number of anilines is 1. The largest absolute Gasteiger partial charge is 0.465 e. The average Bonchev–Trinajstić information content (AvgIpc) is 2.37. The normalized spacial score (nSPS) is 17.8. The molecule has 1 heterocycles. The monoisotopic (exact) mass is 279 g/mol. The predicted molar refractivity (Wildman–Crippen MR) is 75.1 cm³/mol. The van der Waals surface area contributed by atoms with E-state index >= 15 is 0 Å². The molecule has 2 rings (SSSR count). The van der Waals surface area contributed by atoms with Crippen LogP contribution in [-0.2, 0) is 14.3 Å². The molecule has 0 spiro atoms. The lowest BCUT2D eigenvalue weighted by atomic mass is 10.2. The van der Waals surface area contributed by atoms with Crippen molar-refractivity contribution in [3.63, 3.8) is 0 Å². The second-order valence-electron chi connectivity index (χ2n) is 4.87. The van der Waals surface area contributed by atoms with Crippen LogP contribution in [0.4, 0.5) is 5.69 Å². The van der Waals surface area contributed by atoms with Crippen molar-refractivity contribution in [1.29, 1.82) is 0 Å². The van der Waals surface area contributed by atoms with Crippen LogP contribution in [0.5, 0.6) is 0 Å². The fourth-order valence-electron chi connectivity index (χ4n) is 1.70. The fourth-order valence-corrected chi connectivity index (χ4v) is 2.79. The van der Waals surface area contributed by atoms with Gasteiger partial charge in [0.2, 0.25) is 5.91 Å². The number of hydrogen-bond donors (Lipinski definition) is 1. The molecule has 1 aromatic carbocycles. The number of rotatable bonds is 4. The van der Waals surface area contributed by atoms with Gasteiger partial charge in [-0.1, -0.05) is 26.0 Å². The SMILES string of the molecule is CC(C)COC(=O)C[C@H]1Sc2ccccc2NC1=O. The van der Waals surface area contributed by atoms with Gasteiger partial charge in [0.05, 0.1) is 24.0 Å². The number of amides is 1. The fraction of sp³-hybridized carbons (Fsp3) is 0.429. The number of ether oxygens (including phenoxy) is 1. The molecule has 1 aliphatic rings. The van der Waals surface area contributed by atoms with E-state index in [4.69, 9.17) is 4.74 Å². The highest BCUT2D eigenvalue weighted by molar-refractivity contribution is 8.01. The van der Waals surface area contributed by atoms with Crippen LogP contribution in [-0.4, -0.2) is 23.7 Å². The second-order valence-corrected chi connectivity index (χ2v) is 6.12. The number of hydrogen-bond acceptors (Lipinski definition) is 4. The third-order valence-corrected chi connectivity index (χ3v) is 3.91. The number of nitrogens with one attached hydrogen (secondary N) is 1. The number of thioether (sulfide) groups is 1. The van der Waals surface area contributed by atoms with Crippen molar-refractivity contribution in [3.05, 3.63) is 24.3 Å². The van der Waals surface area contributed by atoms with E-state index in [1.54, 1.807) is 0 Å². The maximum atomic E-state index is 11.9. The van der Waals surface area contributed by atoms with Crippen molar-refractivity contribution in [2.24, 2.45) is 5.92 Å². The Morgan fingerprint density at radius 1 is 1.42 bits per heavy atom. The first-order valence-electron chi connectivity index (χ1n) is 6.28. The van der Waals surface area contributed by atoms with Crippen LogP contribution in [0, 0.1) is 5.92 Å². The zero-order chi connectivity index (χ0) is 13.8. The molecule has 1 amide bonds. The third-order valence-electron chi connectivity index (χ3n) is 2.64. The summed E-state index contributed by atoms with van der Waals surface area (Å²) in [6.07, 6.45) is 0.109. The zero-order valence-corrected chi connectivity index (χ0v) is 11.8. The average molecular weight is 279 g/mol. The van der Waals surface area contributed by atoms with E-state index in [1.807, 2.05) is 38.1 Å². The van der Waals surface area contributed by atoms with Crippen LogP contribution >= 0.6 is 11.8 Å². The minimum absolute atomic E-state index is 0.109. The second kappa shape index (κ2) is 6.10. The maximum absolute atomic E-state index is 11.9. The first kappa shape index (κ1) is 13.9. The molecule has 0 aromatic heterocycles. The van der Waals surface area contributed by atoms with Gasteiger partial charge < -0.3 is 10.1 Å². The Bertz CT molecular complexity index is 487. The molecule has 5 heteroatoms. The number of carbonyl (C=O) groups is 2. The van der Waals surface area contributed by atoms with E-state index < -0.39 is 5.25 Å². The molecule has 0 radical (unpaired) electrons. The van der Waals surface area contributed by atoms with Gasteiger partial charge in [0.15, 0.2) is 0 Å². The molecular weight excluding hydrogens is 262 g/mol. The van der Waals surface area contributed by atoms with Crippen molar-refractivity contribution < 1.29 is 14.3 Å². The molecule has 0 bridgehead atoms. The maximum Gasteiger partial charge on any atom is 0.307 e. The van der Waals surface area contributed by atoms with Gasteiger partial charge in [-0.2, -0.15) is 0 Å².